The van der Waals surface area contributed by atoms with Crippen LogP contribution in [0.5, 0.6) is 0 Å². The lowest BCUT2D eigenvalue weighted by Gasteiger charge is -1.77. The van der Waals surface area contributed by atoms with Crippen molar-refractivity contribution in [3.63, 3.8) is 0 Å². The summed E-state index contributed by atoms with van der Waals surface area (Å²) in [6, 6.07) is 0. The lowest BCUT2D eigenvalue weighted by molar-refractivity contribution is -0.104. The van der Waals surface area contributed by atoms with Crippen LogP contribution >= 0.6 is 0 Å². The lowest BCUT2D eigenvalue weighted by Crippen LogP contribution is -1.98. The first-order valence-corrected chi connectivity index (χ1v) is 2.23. The van der Waals surface area contributed by atoms with Crippen LogP contribution in [0.1, 0.15) is 10.7 Å². The number of Topliss-reactive ketones (excluding diaryl/α,β-unsaturated/α-hetero) is 1. The smallest absolute Gasteiger partial charge is 0.280 e. The highest BCUT2D eigenvalue weighted by atomic mass is 16.3. The molecule has 0 amide bonds. The Hall–Kier alpha value is -1.45. The molecule has 1 rings (SSSR count). The molecule has 46 valence electrons. The Kier molecular flexibility index (Phi) is 1.40. The number of hydrogen-bond acceptors (Lipinski definition) is 4. The van der Waals surface area contributed by atoms with E-state index in [9.17, 15) is 9.59 Å². The molecule has 9 heavy (non-hydrogen) atoms. The second-order valence-electron chi connectivity index (χ2n) is 1.32. The molecule has 1 heterocycles. The molecule has 0 unspecified atom stereocenters. The summed E-state index contributed by atoms with van der Waals surface area (Å²) < 4.78 is 4.49. The van der Waals surface area contributed by atoms with Crippen molar-refractivity contribution in [1.82, 2.24) is 4.98 Å². The van der Waals surface area contributed by atoms with Gasteiger partial charge in [0.25, 0.3) is 11.7 Å². The Balaban J connectivity index is 2.89. The van der Waals surface area contributed by atoms with Crippen molar-refractivity contribution < 1.29 is 14.0 Å². The Bertz CT molecular complexity index is 214. The Labute approximate surface area is 50.5 Å². The molecule has 4 nitrogen and oxygen atoms in total. The van der Waals surface area contributed by atoms with E-state index < -0.39 is 5.78 Å². The number of rotatable bonds is 2. The third-order valence-corrected chi connectivity index (χ3v) is 0.750. The van der Waals surface area contributed by atoms with E-state index in [2.05, 4.69) is 9.40 Å². The molecule has 0 fully saturated rings. The molecule has 0 spiro atoms. The predicted molar refractivity (Wildman–Crippen MR) is 26.9 cm³/mol. The van der Waals surface area contributed by atoms with Gasteiger partial charge in [-0.2, -0.15) is 0 Å². The van der Waals surface area contributed by atoms with Crippen molar-refractivity contribution in [1.29, 1.82) is 0 Å². The SMILES string of the molecule is O=CC(=O)c1ncco1. The van der Waals surface area contributed by atoms with E-state index in [0.717, 1.165) is 0 Å². The molecular formula is C5H3NO3. The summed E-state index contributed by atoms with van der Waals surface area (Å²) in [4.78, 5) is 23.5. The molecule has 0 N–H and O–H groups in total. The molecule has 0 saturated heterocycles. The summed E-state index contributed by atoms with van der Waals surface area (Å²) in [5, 5.41) is 0. The molecule has 1 aromatic heterocycles. The van der Waals surface area contributed by atoms with E-state index in [1.807, 2.05) is 0 Å². The first-order chi connectivity index (χ1) is 4.34. The maximum absolute atomic E-state index is 10.4. The average molecular weight is 125 g/mol. The van der Waals surface area contributed by atoms with Gasteiger partial charge in [0.15, 0.2) is 6.29 Å². The maximum atomic E-state index is 10.4. The summed E-state index contributed by atoms with van der Waals surface area (Å²) in [7, 11) is 0. The first-order valence-electron chi connectivity index (χ1n) is 2.23. The second-order valence-corrected chi connectivity index (χ2v) is 1.32. The second kappa shape index (κ2) is 2.21. The van der Waals surface area contributed by atoms with E-state index in [4.69, 9.17) is 0 Å². The number of ketones is 1. The molecule has 0 radical (unpaired) electrons. The van der Waals surface area contributed by atoms with Crippen molar-refractivity contribution in [2.75, 3.05) is 0 Å². The van der Waals surface area contributed by atoms with Gasteiger partial charge in [-0.05, 0) is 0 Å². The standard InChI is InChI=1S/C5H3NO3/c7-3-4(8)5-6-1-2-9-5/h1-3H. The van der Waals surface area contributed by atoms with Gasteiger partial charge in [-0.1, -0.05) is 0 Å². The van der Waals surface area contributed by atoms with Gasteiger partial charge in [0, 0.05) is 0 Å². The number of nitrogens with zero attached hydrogens (tertiary/aromatic N) is 1. The molecule has 0 aliphatic heterocycles. The minimum absolute atomic E-state index is 0.159. The monoisotopic (exact) mass is 125 g/mol. The minimum Gasteiger partial charge on any atom is -0.442 e. The summed E-state index contributed by atoms with van der Waals surface area (Å²) in [5.74, 6) is -0.898. The highest BCUT2D eigenvalue weighted by Gasteiger charge is 2.06. The third kappa shape index (κ3) is 1.02. The zero-order chi connectivity index (χ0) is 6.69. The molecule has 0 aliphatic carbocycles. The van der Waals surface area contributed by atoms with Gasteiger partial charge >= 0.3 is 0 Å². The third-order valence-electron chi connectivity index (χ3n) is 0.750. The van der Waals surface area contributed by atoms with Crippen molar-refractivity contribution in [3.05, 3.63) is 18.4 Å². The number of aldehydes is 1. The van der Waals surface area contributed by atoms with Gasteiger partial charge in [-0.3, -0.25) is 9.59 Å². The summed E-state index contributed by atoms with van der Waals surface area (Å²) in [6.45, 7) is 0. The van der Waals surface area contributed by atoms with Crippen LogP contribution in [0, 0.1) is 0 Å². The largest absolute Gasteiger partial charge is 0.442 e. The van der Waals surface area contributed by atoms with Crippen LogP contribution < -0.4 is 0 Å². The molecule has 0 bridgehead atoms. The number of carbonyl (C=O) groups excluding carboxylic acids is 2. The molecule has 0 aromatic carbocycles. The molecule has 4 heteroatoms. The average Bonchev–Trinajstić information content (AvgIpc) is 2.37. The summed E-state index contributed by atoms with van der Waals surface area (Å²) in [5.41, 5.74) is 0. The topological polar surface area (TPSA) is 60.2 Å². The van der Waals surface area contributed by atoms with E-state index in [0.29, 0.717) is 0 Å². The van der Waals surface area contributed by atoms with Crippen LogP contribution in [-0.4, -0.2) is 17.1 Å². The van der Waals surface area contributed by atoms with Crippen LogP contribution in [0.3, 0.4) is 0 Å². The van der Waals surface area contributed by atoms with Crippen LogP contribution in [0.25, 0.3) is 0 Å². The minimum atomic E-state index is -0.736. The summed E-state index contributed by atoms with van der Waals surface area (Å²) >= 11 is 0. The van der Waals surface area contributed by atoms with Crippen molar-refractivity contribution in [3.8, 4) is 0 Å². The fourth-order valence-corrected chi connectivity index (χ4v) is 0.396. The lowest BCUT2D eigenvalue weighted by atomic mass is 10.4. The number of carbonyl (C=O) groups is 2. The van der Waals surface area contributed by atoms with Crippen molar-refractivity contribution in [2.45, 2.75) is 0 Å². The first kappa shape index (κ1) is 5.68. The van der Waals surface area contributed by atoms with Crippen LogP contribution in [0.4, 0.5) is 0 Å². The maximum Gasteiger partial charge on any atom is 0.280 e. The molecule has 1 aromatic rings. The van der Waals surface area contributed by atoms with E-state index >= 15 is 0 Å². The zero-order valence-electron chi connectivity index (χ0n) is 4.40. The molecule has 0 aliphatic rings. The Morgan fingerprint density at radius 1 is 1.78 bits per heavy atom. The Morgan fingerprint density at radius 2 is 2.56 bits per heavy atom. The van der Waals surface area contributed by atoms with Crippen LogP contribution in [-0.2, 0) is 4.79 Å². The van der Waals surface area contributed by atoms with E-state index in [1.165, 1.54) is 12.5 Å². The predicted octanol–water partition coefficient (Wildman–Crippen LogP) is 0.0562. The van der Waals surface area contributed by atoms with Crippen LogP contribution in [0.15, 0.2) is 16.9 Å². The van der Waals surface area contributed by atoms with Crippen molar-refractivity contribution in [2.24, 2.45) is 0 Å². The van der Waals surface area contributed by atoms with Crippen molar-refractivity contribution >= 4 is 12.1 Å². The highest BCUT2D eigenvalue weighted by Crippen LogP contribution is 1.92. The van der Waals surface area contributed by atoms with Gasteiger partial charge in [-0.25, -0.2) is 4.98 Å². The van der Waals surface area contributed by atoms with E-state index in [-0.39, 0.29) is 12.2 Å². The summed E-state index contributed by atoms with van der Waals surface area (Å²) in [6.07, 6.45) is 2.69. The van der Waals surface area contributed by atoms with Gasteiger partial charge in [-0.15, -0.1) is 0 Å². The van der Waals surface area contributed by atoms with Gasteiger partial charge < -0.3 is 4.42 Å². The van der Waals surface area contributed by atoms with Gasteiger partial charge in [0.1, 0.15) is 6.26 Å². The fourth-order valence-electron chi connectivity index (χ4n) is 0.396. The highest BCUT2D eigenvalue weighted by molar-refractivity contribution is 6.31. The molecule has 0 saturated carbocycles. The fraction of sp³-hybridized carbons (Fsp3) is 0. The van der Waals surface area contributed by atoms with E-state index in [1.54, 1.807) is 0 Å². The number of hydrogen-bond donors (Lipinski definition) is 0. The van der Waals surface area contributed by atoms with Crippen LogP contribution in [0.2, 0.25) is 0 Å². The molecular weight excluding hydrogens is 122 g/mol. The number of oxazole rings is 1. The Morgan fingerprint density at radius 3 is 3.00 bits per heavy atom. The molecule has 0 atom stereocenters. The van der Waals surface area contributed by atoms with Gasteiger partial charge in [0.2, 0.25) is 0 Å². The van der Waals surface area contributed by atoms with Gasteiger partial charge in [0.05, 0.1) is 6.20 Å². The number of aromatic nitrogens is 1. The zero-order valence-corrected chi connectivity index (χ0v) is 4.40. The quantitative estimate of drug-likeness (QED) is 0.318. The normalized spacial score (nSPS) is 8.89.